The Morgan fingerprint density at radius 1 is 0.429 bits per heavy atom. The Bertz CT molecular complexity index is 3860. The van der Waals surface area contributed by atoms with Gasteiger partial charge in [0.2, 0.25) is 0 Å². The Labute approximate surface area is 405 Å². The van der Waals surface area contributed by atoms with Crippen molar-refractivity contribution in [1.29, 1.82) is 5.26 Å². The highest BCUT2D eigenvalue weighted by Gasteiger charge is 2.19. The molecule has 0 aliphatic rings. The molecule has 9 aromatic carbocycles. The molecule has 0 aliphatic heterocycles. The molecule has 0 amide bonds. The standard InChI is InChI=1S/C62H36N8/c1-64-47-16-12-14-44(34-47)58-39-57(67-62(68-58)45-15-13-17-48(35-45)65-2)43-26-24-41(25-27-43)54-38-59(66-3)55(36-46(54)40-63)42-28-30-51(31-29-42)70-60-23-11-10-22-53(60)56-37-52(32-33-61(56)70)69(49-18-6-4-7-19-49)50-20-8-5-9-21-50/h4-39H. The second kappa shape index (κ2) is 18.1. The van der Waals surface area contributed by atoms with Crippen LogP contribution in [-0.4, -0.2) is 14.5 Å². The van der Waals surface area contributed by atoms with E-state index in [4.69, 9.17) is 29.7 Å². The molecule has 0 saturated carbocycles. The van der Waals surface area contributed by atoms with Gasteiger partial charge < -0.3 is 9.47 Å². The van der Waals surface area contributed by atoms with Crippen molar-refractivity contribution in [3.05, 3.63) is 258 Å². The lowest BCUT2D eigenvalue weighted by atomic mass is 9.93. The number of nitriles is 1. The fourth-order valence-corrected chi connectivity index (χ4v) is 9.15. The number of anilines is 3. The monoisotopic (exact) mass is 892 g/mol. The molecule has 8 nitrogen and oxygen atoms in total. The van der Waals surface area contributed by atoms with E-state index in [0.29, 0.717) is 56.5 Å². The summed E-state index contributed by atoms with van der Waals surface area (Å²) in [5.41, 5.74) is 14.7. The van der Waals surface area contributed by atoms with E-state index in [9.17, 15) is 5.26 Å². The van der Waals surface area contributed by atoms with Crippen LogP contribution in [0.3, 0.4) is 0 Å². The topological polar surface area (TPSA) is 70.8 Å². The molecule has 0 radical (unpaired) electrons. The molecule has 0 saturated heterocycles. The lowest BCUT2D eigenvalue weighted by molar-refractivity contribution is 1.18. The second-order valence-corrected chi connectivity index (χ2v) is 16.6. The minimum absolute atomic E-state index is 0.435. The third kappa shape index (κ3) is 7.83. The number of aromatic nitrogens is 3. The van der Waals surface area contributed by atoms with Crippen molar-refractivity contribution in [2.24, 2.45) is 0 Å². The van der Waals surface area contributed by atoms with E-state index in [-0.39, 0.29) is 0 Å². The molecule has 11 rings (SSSR count). The third-order valence-electron chi connectivity index (χ3n) is 12.5. The van der Waals surface area contributed by atoms with E-state index in [0.717, 1.165) is 66.8 Å². The predicted octanol–water partition coefficient (Wildman–Crippen LogP) is 16.9. The van der Waals surface area contributed by atoms with Crippen LogP contribution in [0.1, 0.15) is 5.56 Å². The summed E-state index contributed by atoms with van der Waals surface area (Å²) in [5, 5.41) is 12.8. The zero-order valence-corrected chi connectivity index (χ0v) is 37.4. The molecule has 0 bridgehead atoms. The first kappa shape index (κ1) is 42.3. The van der Waals surface area contributed by atoms with Crippen LogP contribution in [0.4, 0.5) is 34.1 Å². The van der Waals surface area contributed by atoms with Crippen LogP contribution in [0.5, 0.6) is 0 Å². The quantitative estimate of drug-likeness (QED) is 0.135. The van der Waals surface area contributed by atoms with Gasteiger partial charge in [-0.15, -0.1) is 0 Å². The summed E-state index contributed by atoms with van der Waals surface area (Å²) in [6, 6.07) is 74.3. The van der Waals surface area contributed by atoms with Gasteiger partial charge in [-0.3, -0.25) is 0 Å². The highest BCUT2D eigenvalue weighted by molar-refractivity contribution is 6.10. The van der Waals surface area contributed by atoms with E-state index in [1.165, 1.54) is 0 Å². The smallest absolute Gasteiger partial charge is 0.195 e. The van der Waals surface area contributed by atoms with E-state index in [1.54, 1.807) is 30.3 Å². The van der Waals surface area contributed by atoms with E-state index in [1.807, 2.05) is 84.9 Å². The van der Waals surface area contributed by atoms with Gasteiger partial charge in [0.25, 0.3) is 0 Å². The molecule has 2 aromatic heterocycles. The van der Waals surface area contributed by atoms with Gasteiger partial charge in [0.05, 0.1) is 53.8 Å². The summed E-state index contributed by atoms with van der Waals surface area (Å²) in [6.07, 6.45) is 0. The fraction of sp³-hybridized carbons (Fsp3) is 0. The summed E-state index contributed by atoms with van der Waals surface area (Å²) in [6.45, 7) is 23.4. The van der Waals surface area contributed by atoms with Crippen molar-refractivity contribution in [2.75, 3.05) is 4.90 Å². The average molecular weight is 893 g/mol. The van der Waals surface area contributed by atoms with E-state index in [2.05, 4.69) is 133 Å². The van der Waals surface area contributed by atoms with Crippen LogP contribution in [0, 0.1) is 31.0 Å². The number of fused-ring (bicyclic) bond motifs is 3. The van der Waals surface area contributed by atoms with Gasteiger partial charge in [0, 0.05) is 44.6 Å². The van der Waals surface area contributed by atoms with Crippen molar-refractivity contribution in [3.63, 3.8) is 0 Å². The van der Waals surface area contributed by atoms with Gasteiger partial charge in [-0.1, -0.05) is 127 Å². The average Bonchev–Trinajstić information content (AvgIpc) is 3.77. The third-order valence-corrected chi connectivity index (χ3v) is 12.5. The summed E-state index contributed by atoms with van der Waals surface area (Å²) < 4.78 is 2.28. The molecular weight excluding hydrogens is 857 g/mol. The Kier molecular flexibility index (Phi) is 10.9. The van der Waals surface area contributed by atoms with Crippen LogP contribution in [0.2, 0.25) is 0 Å². The maximum Gasteiger partial charge on any atom is 0.195 e. The SMILES string of the molecule is [C-]#[N+]c1cccc(-c2cc(-c3ccc(-c4cc([N+]#[C-])c(-c5ccc(-n6c7ccccc7c7cc(N(c8ccccc8)c8ccccc8)ccc76)cc5)cc4C#N)cc3)nc(-c3cccc([N+]#[C-])c3)n2)c1. The fourth-order valence-electron chi connectivity index (χ4n) is 9.15. The van der Waals surface area contributed by atoms with Gasteiger partial charge in [-0.05, 0) is 119 Å². The first-order valence-corrected chi connectivity index (χ1v) is 22.5. The lowest BCUT2D eigenvalue weighted by Crippen LogP contribution is -2.09. The van der Waals surface area contributed by atoms with Crippen LogP contribution >= 0.6 is 0 Å². The first-order chi connectivity index (χ1) is 34.5. The van der Waals surface area contributed by atoms with Crippen molar-refractivity contribution >= 4 is 55.9 Å². The molecule has 324 valence electrons. The van der Waals surface area contributed by atoms with Gasteiger partial charge in [-0.2, -0.15) is 5.26 Å². The molecule has 2 heterocycles. The van der Waals surface area contributed by atoms with Crippen LogP contribution in [0.25, 0.3) is 98.2 Å². The Balaban J connectivity index is 0.930. The molecule has 0 unspecified atom stereocenters. The summed E-state index contributed by atoms with van der Waals surface area (Å²) in [7, 11) is 0. The maximum absolute atomic E-state index is 10.6. The summed E-state index contributed by atoms with van der Waals surface area (Å²) in [5.74, 6) is 0.450. The minimum Gasteiger partial charge on any atom is -0.310 e. The van der Waals surface area contributed by atoms with E-state index >= 15 is 0 Å². The first-order valence-electron chi connectivity index (χ1n) is 22.5. The predicted molar refractivity (Wildman–Crippen MR) is 282 cm³/mol. The molecule has 0 N–H and O–H groups in total. The normalized spacial score (nSPS) is 10.8. The zero-order chi connectivity index (χ0) is 47.6. The molecule has 70 heavy (non-hydrogen) atoms. The minimum atomic E-state index is 0.435. The highest BCUT2D eigenvalue weighted by Crippen LogP contribution is 2.42. The van der Waals surface area contributed by atoms with Gasteiger partial charge in [0.1, 0.15) is 0 Å². The van der Waals surface area contributed by atoms with E-state index < -0.39 is 0 Å². The van der Waals surface area contributed by atoms with Crippen LogP contribution < -0.4 is 4.90 Å². The lowest BCUT2D eigenvalue weighted by Gasteiger charge is -2.25. The van der Waals surface area contributed by atoms with Gasteiger partial charge in [0.15, 0.2) is 22.9 Å². The Hall–Kier alpha value is -10.4. The van der Waals surface area contributed by atoms with Crippen molar-refractivity contribution in [3.8, 4) is 67.9 Å². The Morgan fingerprint density at radius 3 is 1.66 bits per heavy atom. The molecular formula is C62H36N8. The molecule has 0 spiro atoms. The second-order valence-electron chi connectivity index (χ2n) is 16.6. The van der Waals surface area contributed by atoms with Gasteiger partial charge in [-0.25, -0.2) is 24.5 Å². The number of nitrogens with zero attached hydrogens (tertiary/aromatic N) is 8. The number of hydrogen-bond donors (Lipinski definition) is 0. The van der Waals surface area contributed by atoms with Crippen molar-refractivity contribution in [1.82, 2.24) is 14.5 Å². The number of para-hydroxylation sites is 3. The number of hydrogen-bond acceptors (Lipinski definition) is 4. The molecule has 0 atom stereocenters. The number of rotatable bonds is 9. The number of benzene rings is 9. The molecule has 0 fully saturated rings. The highest BCUT2D eigenvalue weighted by atomic mass is 15.1. The summed E-state index contributed by atoms with van der Waals surface area (Å²) >= 11 is 0. The molecule has 11 aromatic rings. The van der Waals surface area contributed by atoms with Crippen molar-refractivity contribution in [2.45, 2.75) is 0 Å². The molecule has 0 aliphatic carbocycles. The molecule has 8 heteroatoms. The maximum atomic E-state index is 10.6. The largest absolute Gasteiger partial charge is 0.310 e. The zero-order valence-electron chi connectivity index (χ0n) is 37.4. The van der Waals surface area contributed by atoms with Crippen LogP contribution in [0.15, 0.2) is 218 Å². The Morgan fingerprint density at radius 2 is 1.00 bits per heavy atom. The van der Waals surface area contributed by atoms with Crippen LogP contribution in [-0.2, 0) is 0 Å². The van der Waals surface area contributed by atoms with Crippen molar-refractivity contribution < 1.29 is 0 Å². The summed E-state index contributed by atoms with van der Waals surface area (Å²) in [4.78, 5) is 23.3. The van der Waals surface area contributed by atoms with Gasteiger partial charge >= 0.3 is 0 Å².